The second kappa shape index (κ2) is 7.70. The van der Waals surface area contributed by atoms with Crippen molar-refractivity contribution in [1.82, 2.24) is 0 Å². The summed E-state index contributed by atoms with van der Waals surface area (Å²) in [6.07, 6.45) is 10.5. The maximum absolute atomic E-state index is 11.6. The van der Waals surface area contributed by atoms with Crippen molar-refractivity contribution in [2.24, 2.45) is 0 Å². The predicted octanol–water partition coefficient (Wildman–Crippen LogP) is 4.54. The molecule has 20 heavy (non-hydrogen) atoms. The van der Waals surface area contributed by atoms with Crippen molar-refractivity contribution in [3.05, 3.63) is 96.1 Å². The lowest BCUT2D eigenvalue weighted by Gasteiger charge is -1.89. The van der Waals surface area contributed by atoms with Gasteiger partial charge in [0.25, 0.3) is 0 Å². The predicted molar refractivity (Wildman–Crippen MR) is 85.1 cm³/mol. The van der Waals surface area contributed by atoms with Gasteiger partial charge in [0.1, 0.15) is 0 Å². The fourth-order valence-electron chi connectivity index (χ4n) is 1.68. The maximum Gasteiger partial charge on any atom is 0.178 e. The van der Waals surface area contributed by atoms with E-state index < -0.39 is 0 Å². The molecule has 0 aromatic heterocycles. The highest BCUT2D eigenvalue weighted by Gasteiger charge is 1.88. The lowest BCUT2D eigenvalue weighted by molar-refractivity contribution is -0.110. The highest BCUT2D eigenvalue weighted by Crippen LogP contribution is 2.02. The van der Waals surface area contributed by atoms with Gasteiger partial charge < -0.3 is 0 Å². The Morgan fingerprint density at radius 3 is 1.80 bits per heavy atom. The summed E-state index contributed by atoms with van der Waals surface area (Å²) in [5.74, 6) is -0.0217. The van der Waals surface area contributed by atoms with Crippen LogP contribution in [0.4, 0.5) is 0 Å². The van der Waals surface area contributed by atoms with Gasteiger partial charge in [-0.1, -0.05) is 85.0 Å². The third kappa shape index (κ3) is 4.91. The Kier molecular flexibility index (Phi) is 5.29. The van der Waals surface area contributed by atoms with Crippen molar-refractivity contribution < 1.29 is 4.79 Å². The van der Waals surface area contributed by atoms with Crippen molar-refractivity contribution in [3.8, 4) is 0 Å². The third-order valence-electron chi connectivity index (χ3n) is 2.70. The van der Waals surface area contributed by atoms with Gasteiger partial charge in [-0.3, -0.25) is 4.79 Å². The van der Waals surface area contributed by atoms with Gasteiger partial charge in [-0.25, -0.2) is 0 Å². The minimum absolute atomic E-state index is 0.0217. The maximum atomic E-state index is 11.6. The Morgan fingerprint density at radius 1 is 0.650 bits per heavy atom. The normalized spacial score (nSPS) is 11.6. The van der Waals surface area contributed by atoms with Crippen molar-refractivity contribution in [3.63, 3.8) is 0 Å². The molecule has 2 aromatic carbocycles. The summed E-state index contributed by atoms with van der Waals surface area (Å²) in [5, 5.41) is 0. The molecule has 1 nitrogen and oxygen atoms in total. The first-order chi connectivity index (χ1) is 9.84. The summed E-state index contributed by atoms with van der Waals surface area (Å²) in [6, 6.07) is 19.7. The Labute approximate surface area is 119 Å². The monoisotopic (exact) mass is 260 g/mol. The van der Waals surface area contributed by atoms with Crippen molar-refractivity contribution in [2.45, 2.75) is 0 Å². The van der Waals surface area contributed by atoms with E-state index in [2.05, 4.69) is 0 Å². The first-order valence-electron chi connectivity index (χ1n) is 6.51. The van der Waals surface area contributed by atoms with Gasteiger partial charge in [0.2, 0.25) is 0 Å². The number of hydrogen-bond acceptors (Lipinski definition) is 1. The Bertz CT molecular complexity index is 619. The summed E-state index contributed by atoms with van der Waals surface area (Å²) in [6.45, 7) is 0. The Hall–Kier alpha value is -2.67. The van der Waals surface area contributed by atoms with Crippen LogP contribution < -0.4 is 0 Å². The zero-order valence-electron chi connectivity index (χ0n) is 11.1. The van der Waals surface area contributed by atoms with Gasteiger partial charge in [0.15, 0.2) is 5.78 Å². The van der Waals surface area contributed by atoms with E-state index in [1.54, 1.807) is 18.2 Å². The minimum Gasteiger partial charge on any atom is -0.290 e. The van der Waals surface area contributed by atoms with E-state index in [1.165, 1.54) is 0 Å². The van der Waals surface area contributed by atoms with Gasteiger partial charge in [-0.15, -0.1) is 0 Å². The number of rotatable bonds is 5. The molecule has 0 atom stereocenters. The summed E-state index contributed by atoms with van der Waals surface area (Å²) in [4.78, 5) is 11.6. The molecule has 2 aromatic rings. The smallest absolute Gasteiger partial charge is 0.178 e. The second-order valence-corrected chi connectivity index (χ2v) is 4.28. The molecule has 0 spiro atoms. The molecule has 0 saturated heterocycles. The third-order valence-corrected chi connectivity index (χ3v) is 2.70. The van der Waals surface area contributed by atoms with E-state index in [0.717, 1.165) is 11.1 Å². The lowest BCUT2D eigenvalue weighted by atomic mass is 10.2. The van der Waals surface area contributed by atoms with E-state index in [0.29, 0.717) is 0 Å². The van der Waals surface area contributed by atoms with Crippen LogP contribution in [0.25, 0.3) is 12.2 Å². The molecule has 0 aliphatic heterocycles. The van der Waals surface area contributed by atoms with E-state index in [9.17, 15) is 4.79 Å². The number of carbonyl (C=O) groups excluding carboxylic acids is 1. The van der Waals surface area contributed by atoms with Gasteiger partial charge in [0, 0.05) is 0 Å². The van der Waals surface area contributed by atoms with E-state index in [1.807, 2.05) is 78.9 Å². The van der Waals surface area contributed by atoms with Gasteiger partial charge in [0.05, 0.1) is 0 Å². The van der Waals surface area contributed by atoms with Crippen LogP contribution in [0, 0.1) is 0 Å². The van der Waals surface area contributed by atoms with Crippen molar-refractivity contribution >= 4 is 17.9 Å². The van der Waals surface area contributed by atoms with Crippen molar-refractivity contribution in [2.75, 3.05) is 0 Å². The SMILES string of the molecule is O=C(/C=C/C=C\c1ccccc1)/C=C/c1ccccc1. The molecular formula is C19H16O. The molecule has 0 fully saturated rings. The van der Waals surface area contributed by atoms with Crippen LogP contribution in [0.15, 0.2) is 85.0 Å². The van der Waals surface area contributed by atoms with Crippen LogP contribution in [0.2, 0.25) is 0 Å². The zero-order valence-corrected chi connectivity index (χ0v) is 11.1. The topological polar surface area (TPSA) is 17.1 Å². The van der Waals surface area contributed by atoms with Crippen molar-refractivity contribution in [1.29, 1.82) is 0 Å². The molecule has 0 radical (unpaired) electrons. The molecule has 1 heteroatoms. The Morgan fingerprint density at radius 2 is 1.20 bits per heavy atom. The molecule has 0 aliphatic rings. The molecule has 0 heterocycles. The molecule has 0 aliphatic carbocycles. The van der Waals surface area contributed by atoms with Crippen LogP contribution in [-0.4, -0.2) is 5.78 Å². The molecule has 0 unspecified atom stereocenters. The molecule has 98 valence electrons. The molecule has 0 N–H and O–H groups in total. The van der Waals surface area contributed by atoms with Gasteiger partial charge in [-0.2, -0.15) is 0 Å². The minimum atomic E-state index is -0.0217. The molecule has 0 amide bonds. The lowest BCUT2D eigenvalue weighted by Crippen LogP contribution is -1.83. The fourth-order valence-corrected chi connectivity index (χ4v) is 1.68. The number of hydrogen-bond donors (Lipinski definition) is 0. The second-order valence-electron chi connectivity index (χ2n) is 4.28. The van der Waals surface area contributed by atoms with Crippen LogP contribution >= 0.6 is 0 Å². The van der Waals surface area contributed by atoms with Crippen LogP contribution in [-0.2, 0) is 4.79 Å². The van der Waals surface area contributed by atoms with Gasteiger partial charge >= 0.3 is 0 Å². The first-order valence-corrected chi connectivity index (χ1v) is 6.51. The fraction of sp³-hybridized carbons (Fsp3) is 0. The summed E-state index contributed by atoms with van der Waals surface area (Å²) >= 11 is 0. The Balaban J connectivity index is 1.87. The largest absolute Gasteiger partial charge is 0.290 e. The van der Waals surface area contributed by atoms with E-state index in [4.69, 9.17) is 0 Å². The van der Waals surface area contributed by atoms with Crippen LogP contribution in [0.3, 0.4) is 0 Å². The van der Waals surface area contributed by atoms with Crippen LogP contribution in [0.5, 0.6) is 0 Å². The number of benzene rings is 2. The molecule has 0 saturated carbocycles. The first kappa shape index (κ1) is 13.8. The number of carbonyl (C=O) groups is 1. The highest BCUT2D eigenvalue weighted by atomic mass is 16.1. The summed E-state index contributed by atoms with van der Waals surface area (Å²) < 4.78 is 0. The average Bonchev–Trinajstić information content (AvgIpc) is 2.52. The highest BCUT2D eigenvalue weighted by molar-refractivity contribution is 6.02. The summed E-state index contributed by atoms with van der Waals surface area (Å²) in [7, 11) is 0. The standard InChI is InChI=1S/C19H16O/c20-19(16-15-18-11-5-2-6-12-18)14-8-7-13-17-9-3-1-4-10-17/h1-16H/b13-7-,14-8+,16-15+. The van der Waals surface area contributed by atoms with Gasteiger partial charge in [-0.05, 0) is 23.3 Å². The number of ketones is 1. The molecular weight excluding hydrogens is 244 g/mol. The average molecular weight is 260 g/mol. The zero-order chi connectivity index (χ0) is 14.0. The molecule has 0 bridgehead atoms. The number of allylic oxidation sites excluding steroid dienone is 4. The van der Waals surface area contributed by atoms with E-state index in [-0.39, 0.29) is 5.78 Å². The van der Waals surface area contributed by atoms with E-state index >= 15 is 0 Å². The quantitative estimate of drug-likeness (QED) is 0.570. The molecule has 2 rings (SSSR count). The van der Waals surface area contributed by atoms with Crippen LogP contribution in [0.1, 0.15) is 11.1 Å². The summed E-state index contributed by atoms with van der Waals surface area (Å²) in [5.41, 5.74) is 2.14.